The minimum Gasteiger partial charge on any atom is -0.0988 e. The van der Waals surface area contributed by atoms with Gasteiger partial charge in [0.05, 0.1) is 0 Å². The lowest BCUT2D eigenvalue weighted by molar-refractivity contribution is 0.838. The van der Waals surface area contributed by atoms with Gasteiger partial charge in [-0.25, -0.2) is 0 Å². The Morgan fingerprint density at radius 3 is 2.42 bits per heavy atom. The van der Waals surface area contributed by atoms with Gasteiger partial charge in [-0.05, 0) is 24.8 Å². The van der Waals surface area contributed by atoms with Gasteiger partial charge in [0.2, 0.25) is 0 Å². The highest BCUT2D eigenvalue weighted by atomic mass is 14.1. The monoisotopic (exact) mass is 164 g/mol. The van der Waals surface area contributed by atoms with Crippen LogP contribution in [-0.4, -0.2) is 0 Å². The molecule has 1 aliphatic carbocycles. The molecule has 0 heterocycles. The van der Waals surface area contributed by atoms with Crippen molar-refractivity contribution in [3.63, 3.8) is 0 Å². The molecule has 1 atom stereocenters. The lowest BCUT2D eigenvalue weighted by Crippen LogP contribution is -2.00. The fourth-order valence-corrected chi connectivity index (χ4v) is 1.42. The molecule has 1 unspecified atom stereocenters. The topological polar surface area (TPSA) is 0 Å². The van der Waals surface area contributed by atoms with E-state index in [1.165, 1.54) is 11.1 Å². The summed E-state index contributed by atoms with van der Waals surface area (Å²) in [6, 6.07) is 0. The Labute approximate surface area is 76.7 Å². The van der Waals surface area contributed by atoms with Crippen LogP contribution in [-0.2, 0) is 0 Å². The summed E-state index contributed by atoms with van der Waals surface area (Å²) >= 11 is 0. The molecule has 0 bridgehead atoms. The molecule has 0 N–H and O–H groups in total. The molecule has 12 heavy (non-hydrogen) atoms. The second-order valence-corrected chi connectivity index (χ2v) is 2.86. The molecule has 0 aliphatic heterocycles. The summed E-state index contributed by atoms with van der Waals surface area (Å²) in [7, 11) is 0. The van der Waals surface area contributed by atoms with E-state index in [9.17, 15) is 0 Å². The standard InChI is InChI=1S/C10H14.C2H6/c1-4-10-8(2)6-5-7-9(10)3;1-2/h4-6,8H,1,7H2,2-3H3;1-2H3. The van der Waals surface area contributed by atoms with Crippen molar-refractivity contribution < 1.29 is 0 Å². The summed E-state index contributed by atoms with van der Waals surface area (Å²) in [5, 5.41) is 0. The second kappa shape index (κ2) is 5.82. The zero-order valence-corrected chi connectivity index (χ0v) is 8.72. The van der Waals surface area contributed by atoms with Gasteiger partial charge in [0.1, 0.15) is 0 Å². The van der Waals surface area contributed by atoms with E-state index >= 15 is 0 Å². The van der Waals surface area contributed by atoms with Crippen LogP contribution in [0.5, 0.6) is 0 Å². The molecule has 0 aromatic heterocycles. The van der Waals surface area contributed by atoms with Crippen molar-refractivity contribution in [2.24, 2.45) is 5.92 Å². The molecule has 0 heteroatoms. The predicted molar refractivity (Wildman–Crippen MR) is 57.2 cm³/mol. The summed E-state index contributed by atoms with van der Waals surface area (Å²) in [4.78, 5) is 0. The van der Waals surface area contributed by atoms with Crippen LogP contribution in [0.3, 0.4) is 0 Å². The highest BCUT2D eigenvalue weighted by Gasteiger charge is 2.08. The van der Waals surface area contributed by atoms with E-state index in [4.69, 9.17) is 0 Å². The SMILES string of the molecule is C=CC1=C(C)CC=CC1C.CC. The molecular formula is C12H20. The number of rotatable bonds is 1. The molecule has 0 amide bonds. The summed E-state index contributed by atoms with van der Waals surface area (Å²) in [5.41, 5.74) is 2.87. The van der Waals surface area contributed by atoms with E-state index in [0.29, 0.717) is 5.92 Å². The van der Waals surface area contributed by atoms with Crippen molar-refractivity contribution in [1.29, 1.82) is 0 Å². The Kier molecular flexibility index (Phi) is 5.44. The number of allylic oxidation sites excluding steroid dienone is 5. The molecule has 1 aliphatic rings. The first kappa shape index (κ1) is 11.2. The van der Waals surface area contributed by atoms with E-state index < -0.39 is 0 Å². The average molecular weight is 164 g/mol. The van der Waals surface area contributed by atoms with Crippen LogP contribution in [0.25, 0.3) is 0 Å². The third-order valence-electron chi connectivity index (χ3n) is 2.05. The number of hydrogen-bond acceptors (Lipinski definition) is 0. The summed E-state index contributed by atoms with van der Waals surface area (Å²) in [5.74, 6) is 0.575. The molecule has 0 fully saturated rings. The summed E-state index contributed by atoms with van der Waals surface area (Å²) < 4.78 is 0. The summed E-state index contributed by atoms with van der Waals surface area (Å²) in [6.45, 7) is 12.2. The maximum Gasteiger partial charge on any atom is -0.00110 e. The van der Waals surface area contributed by atoms with Crippen LogP contribution in [0.1, 0.15) is 34.1 Å². The minimum atomic E-state index is 0.575. The van der Waals surface area contributed by atoms with E-state index in [1.807, 2.05) is 19.9 Å². The Bertz CT molecular complexity index is 194. The molecule has 0 spiro atoms. The third kappa shape index (κ3) is 2.69. The maximum absolute atomic E-state index is 3.79. The van der Waals surface area contributed by atoms with Gasteiger partial charge in [-0.3, -0.25) is 0 Å². The molecule has 0 radical (unpaired) electrons. The van der Waals surface area contributed by atoms with Gasteiger partial charge in [0.15, 0.2) is 0 Å². The smallest absolute Gasteiger partial charge is 0.00110 e. The first-order chi connectivity index (χ1) is 5.75. The highest BCUT2D eigenvalue weighted by Crippen LogP contribution is 2.24. The van der Waals surface area contributed by atoms with Crippen molar-refractivity contribution in [2.75, 3.05) is 0 Å². The van der Waals surface area contributed by atoms with Crippen LogP contribution in [0.15, 0.2) is 36.0 Å². The van der Waals surface area contributed by atoms with Gasteiger partial charge >= 0.3 is 0 Å². The van der Waals surface area contributed by atoms with Gasteiger partial charge in [-0.15, -0.1) is 0 Å². The fourth-order valence-electron chi connectivity index (χ4n) is 1.42. The summed E-state index contributed by atoms with van der Waals surface area (Å²) in [6.07, 6.45) is 7.55. The molecular weight excluding hydrogens is 144 g/mol. The van der Waals surface area contributed by atoms with Gasteiger partial charge < -0.3 is 0 Å². The lowest BCUT2D eigenvalue weighted by atomic mass is 9.90. The Morgan fingerprint density at radius 2 is 2.08 bits per heavy atom. The van der Waals surface area contributed by atoms with Gasteiger partial charge in [0.25, 0.3) is 0 Å². The quantitative estimate of drug-likeness (QED) is 0.512. The Balaban J connectivity index is 0.000000561. The van der Waals surface area contributed by atoms with E-state index in [0.717, 1.165) is 6.42 Å². The zero-order chi connectivity index (χ0) is 9.56. The average Bonchev–Trinajstić information content (AvgIpc) is 2.08. The van der Waals surface area contributed by atoms with Crippen LogP contribution >= 0.6 is 0 Å². The predicted octanol–water partition coefficient (Wildman–Crippen LogP) is 4.11. The minimum absolute atomic E-state index is 0.575. The fraction of sp³-hybridized carbons (Fsp3) is 0.500. The first-order valence-corrected chi connectivity index (χ1v) is 4.74. The molecule has 68 valence electrons. The van der Waals surface area contributed by atoms with Crippen LogP contribution in [0, 0.1) is 5.92 Å². The van der Waals surface area contributed by atoms with Crippen LogP contribution < -0.4 is 0 Å². The largest absolute Gasteiger partial charge is 0.0988 e. The second-order valence-electron chi connectivity index (χ2n) is 2.86. The maximum atomic E-state index is 3.79. The highest BCUT2D eigenvalue weighted by molar-refractivity contribution is 5.32. The molecule has 0 saturated heterocycles. The Hall–Kier alpha value is -0.780. The Morgan fingerprint density at radius 1 is 1.50 bits per heavy atom. The third-order valence-corrected chi connectivity index (χ3v) is 2.05. The van der Waals surface area contributed by atoms with Gasteiger partial charge in [0, 0.05) is 0 Å². The normalized spacial score (nSPS) is 21.5. The zero-order valence-electron chi connectivity index (χ0n) is 8.72. The lowest BCUT2D eigenvalue weighted by Gasteiger charge is -2.15. The number of hydrogen-bond donors (Lipinski definition) is 0. The van der Waals surface area contributed by atoms with E-state index in [2.05, 4.69) is 32.6 Å². The van der Waals surface area contributed by atoms with Crippen molar-refractivity contribution in [1.82, 2.24) is 0 Å². The molecule has 0 aromatic rings. The van der Waals surface area contributed by atoms with Crippen molar-refractivity contribution in [2.45, 2.75) is 34.1 Å². The van der Waals surface area contributed by atoms with Crippen molar-refractivity contribution in [3.05, 3.63) is 36.0 Å². The molecule has 1 rings (SSSR count). The van der Waals surface area contributed by atoms with Crippen LogP contribution in [0.2, 0.25) is 0 Å². The van der Waals surface area contributed by atoms with E-state index in [1.54, 1.807) is 0 Å². The van der Waals surface area contributed by atoms with Crippen molar-refractivity contribution in [3.8, 4) is 0 Å². The molecule has 0 nitrogen and oxygen atoms in total. The van der Waals surface area contributed by atoms with Gasteiger partial charge in [-0.2, -0.15) is 0 Å². The molecule has 0 saturated carbocycles. The van der Waals surface area contributed by atoms with Crippen molar-refractivity contribution >= 4 is 0 Å². The first-order valence-electron chi connectivity index (χ1n) is 4.74. The van der Waals surface area contributed by atoms with Gasteiger partial charge in [-0.1, -0.05) is 51.2 Å². The molecule has 0 aromatic carbocycles. The van der Waals surface area contributed by atoms with Crippen LogP contribution in [0.4, 0.5) is 0 Å². The van der Waals surface area contributed by atoms with E-state index in [-0.39, 0.29) is 0 Å².